The van der Waals surface area contributed by atoms with E-state index in [1.807, 2.05) is 56.5 Å². The molecule has 3 aromatic rings. The maximum Gasteiger partial charge on any atom is 0.226 e. The van der Waals surface area contributed by atoms with Crippen molar-refractivity contribution in [2.24, 2.45) is 0 Å². The van der Waals surface area contributed by atoms with E-state index in [0.29, 0.717) is 0 Å². The van der Waals surface area contributed by atoms with Gasteiger partial charge in [-0.1, -0.05) is 30.3 Å². The molecule has 2 aromatic heterocycles. The normalized spacial score (nSPS) is 11.5. The van der Waals surface area contributed by atoms with E-state index in [1.54, 1.807) is 17.5 Å². The lowest BCUT2D eigenvalue weighted by Gasteiger charge is -2.23. The van der Waals surface area contributed by atoms with Crippen LogP contribution in [0.2, 0.25) is 0 Å². The molecule has 0 bridgehead atoms. The Hall–Kier alpha value is -2.47. The topological polar surface area (TPSA) is 70.7 Å². The van der Waals surface area contributed by atoms with E-state index >= 15 is 0 Å². The number of aromatic nitrogens is 3. The summed E-state index contributed by atoms with van der Waals surface area (Å²) in [5.74, 6) is 0.676. The number of amides is 1. The van der Waals surface area contributed by atoms with Crippen LogP contribution in [-0.4, -0.2) is 20.9 Å². The third-order valence-corrected chi connectivity index (χ3v) is 4.60. The number of H-pyrrole nitrogens is 1. The third kappa shape index (κ3) is 3.71. The van der Waals surface area contributed by atoms with Gasteiger partial charge in [0.2, 0.25) is 5.91 Å². The van der Waals surface area contributed by atoms with Gasteiger partial charge < -0.3 is 10.3 Å². The summed E-state index contributed by atoms with van der Waals surface area (Å²) in [6, 6.07) is 9.98. The monoisotopic (exact) mass is 340 g/mol. The molecule has 0 radical (unpaired) electrons. The lowest BCUT2D eigenvalue weighted by Crippen LogP contribution is -2.42. The van der Waals surface area contributed by atoms with Crippen LogP contribution in [0.25, 0.3) is 10.6 Å². The van der Waals surface area contributed by atoms with Gasteiger partial charge in [0.05, 0.1) is 17.7 Å². The maximum absolute atomic E-state index is 12.4. The van der Waals surface area contributed by atoms with Crippen molar-refractivity contribution in [3.8, 4) is 10.6 Å². The average Bonchev–Trinajstić information content (AvgIpc) is 3.17. The number of rotatable bonds is 5. The first-order valence-corrected chi connectivity index (χ1v) is 8.65. The number of benzene rings is 1. The molecule has 0 aliphatic heterocycles. The zero-order valence-electron chi connectivity index (χ0n) is 14.0. The molecular formula is C18H20N4OS. The molecule has 0 unspecified atom stereocenters. The van der Waals surface area contributed by atoms with Crippen molar-refractivity contribution in [2.75, 3.05) is 0 Å². The number of carbonyl (C=O) groups excluding carboxylic acids is 1. The molecule has 3 rings (SSSR count). The van der Waals surface area contributed by atoms with E-state index in [9.17, 15) is 4.79 Å². The van der Waals surface area contributed by atoms with Crippen LogP contribution in [0.3, 0.4) is 0 Å². The number of carbonyl (C=O) groups is 1. The fourth-order valence-corrected chi connectivity index (χ4v) is 3.27. The van der Waals surface area contributed by atoms with Crippen LogP contribution in [0.15, 0.2) is 41.9 Å². The molecule has 2 N–H and O–H groups in total. The highest BCUT2D eigenvalue weighted by atomic mass is 32.1. The van der Waals surface area contributed by atoms with Gasteiger partial charge in [-0.2, -0.15) is 0 Å². The molecule has 0 saturated heterocycles. The second kappa shape index (κ2) is 6.57. The van der Waals surface area contributed by atoms with Gasteiger partial charge in [0, 0.05) is 22.8 Å². The average molecular weight is 340 g/mol. The molecule has 6 heteroatoms. The molecular weight excluding hydrogens is 320 g/mol. The molecule has 1 aromatic carbocycles. The summed E-state index contributed by atoms with van der Waals surface area (Å²) >= 11 is 1.55. The molecule has 1 amide bonds. The summed E-state index contributed by atoms with van der Waals surface area (Å²) < 4.78 is 0. The number of hydrogen-bond acceptors (Lipinski definition) is 4. The van der Waals surface area contributed by atoms with Gasteiger partial charge in [-0.25, -0.2) is 9.97 Å². The van der Waals surface area contributed by atoms with Crippen LogP contribution in [0.1, 0.15) is 31.1 Å². The quantitative estimate of drug-likeness (QED) is 0.747. The summed E-state index contributed by atoms with van der Waals surface area (Å²) in [5, 5.41) is 5.88. The molecule has 0 fully saturated rings. The highest BCUT2D eigenvalue weighted by Crippen LogP contribution is 2.23. The van der Waals surface area contributed by atoms with E-state index in [-0.39, 0.29) is 12.3 Å². The van der Waals surface area contributed by atoms with Crippen molar-refractivity contribution in [1.82, 2.24) is 20.3 Å². The zero-order chi connectivity index (χ0) is 17.2. The number of nitrogens with zero attached hydrogens (tertiary/aromatic N) is 2. The van der Waals surface area contributed by atoms with Crippen LogP contribution in [0.4, 0.5) is 0 Å². The zero-order valence-corrected chi connectivity index (χ0v) is 14.8. The molecule has 0 aliphatic rings. The first-order valence-electron chi connectivity index (χ1n) is 7.77. The Kier molecular flexibility index (Phi) is 4.49. The van der Waals surface area contributed by atoms with Gasteiger partial charge in [0.25, 0.3) is 0 Å². The fourth-order valence-electron chi connectivity index (χ4n) is 2.45. The first-order chi connectivity index (χ1) is 11.4. The van der Waals surface area contributed by atoms with Crippen LogP contribution in [0.5, 0.6) is 0 Å². The smallest absolute Gasteiger partial charge is 0.226 e. The standard InChI is InChI=1S/C18H20N4OS/c1-12-10-19-17(20-12)18(2,3)22-15(23)9-14-11-24-16(21-14)13-7-5-4-6-8-13/h4-8,10-11H,9H2,1-3H3,(H,19,20)(H,22,23). The van der Waals surface area contributed by atoms with Crippen molar-refractivity contribution >= 4 is 17.2 Å². The Morgan fingerprint density at radius 1 is 1.29 bits per heavy atom. The van der Waals surface area contributed by atoms with E-state index in [4.69, 9.17) is 0 Å². The number of aromatic amines is 1. The minimum atomic E-state index is -0.552. The third-order valence-electron chi connectivity index (χ3n) is 3.66. The number of imidazole rings is 1. The van der Waals surface area contributed by atoms with Crippen molar-refractivity contribution in [3.63, 3.8) is 0 Å². The summed E-state index contributed by atoms with van der Waals surface area (Å²) in [6.07, 6.45) is 2.02. The second-order valence-electron chi connectivity index (χ2n) is 6.27. The first kappa shape index (κ1) is 16.4. The van der Waals surface area contributed by atoms with E-state index < -0.39 is 5.54 Å². The molecule has 124 valence electrons. The van der Waals surface area contributed by atoms with Crippen LogP contribution >= 0.6 is 11.3 Å². The Morgan fingerprint density at radius 2 is 2.04 bits per heavy atom. The van der Waals surface area contributed by atoms with Gasteiger partial charge in [-0.3, -0.25) is 4.79 Å². The van der Waals surface area contributed by atoms with E-state index in [1.165, 1.54) is 0 Å². The molecule has 0 saturated carbocycles. The van der Waals surface area contributed by atoms with Gasteiger partial charge in [0.1, 0.15) is 10.8 Å². The highest BCUT2D eigenvalue weighted by Gasteiger charge is 2.26. The van der Waals surface area contributed by atoms with Crippen molar-refractivity contribution in [2.45, 2.75) is 32.7 Å². The van der Waals surface area contributed by atoms with Gasteiger partial charge in [-0.15, -0.1) is 11.3 Å². The van der Waals surface area contributed by atoms with Crippen molar-refractivity contribution < 1.29 is 4.79 Å². The Bertz CT molecular complexity index is 836. The minimum absolute atomic E-state index is 0.0704. The SMILES string of the molecule is Cc1cnc(C(C)(C)NC(=O)Cc2csc(-c3ccccc3)n2)[nH]1. The molecule has 0 spiro atoms. The minimum Gasteiger partial charge on any atom is -0.344 e. The Balaban J connectivity index is 1.66. The van der Waals surface area contributed by atoms with Crippen molar-refractivity contribution in [1.29, 1.82) is 0 Å². The summed E-state index contributed by atoms with van der Waals surface area (Å²) in [6.45, 7) is 5.80. The largest absolute Gasteiger partial charge is 0.344 e. The molecule has 24 heavy (non-hydrogen) atoms. The molecule has 0 aliphatic carbocycles. The maximum atomic E-state index is 12.4. The Labute approximate surface area is 145 Å². The number of aryl methyl sites for hydroxylation is 1. The van der Waals surface area contributed by atoms with E-state index in [0.717, 1.165) is 27.8 Å². The van der Waals surface area contributed by atoms with Crippen LogP contribution < -0.4 is 5.32 Å². The fraction of sp³-hybridized carbons (Fsp3) is 0.278. The predicted octanol–water partition coefficient (Wildman–Crippen LogP) is 3.44. The molecule has 0 atom stereocenters. The van der Waals surface area contributed by atoms with Gasteiger partial charge in [-0.05, 0) is 20.8 Å². The molecule has 5 nitrogen and oxygen atoms in total. The van der Waals surface area contributed by atoms with Gasteiger partial charge >= 0.3 is 0 Å². The second-order valence-corrected chi connectivity index (χ2v) is 7.13. The van der Waals surface area contributed by atoms with Crippen molar-refractivity contribution in [3.05, 3.63) is 59.1 Å². The predicted molar refractivity (Wildman–Crippen MR) is 95.7 cm³/mol. The highest BCUT2D eigenvalue weighted by molar-refractivity contribution is 7.13. The lowest BCUT2D eigenvalue weighted by atomic mass is 10.0. The number of thiazole rings is 1. The number of nitrogens with one attached hydrogen (secondary N) is 2. The lowest BCUT2D eigenvalue weighted by molar-refractivity contribution is -0.122. The molecule has 2 heterocycles. The van der Waals surface area contributed by atoms with E-state index in [2.05, 4.69) is 20.3 Å². The Morgan fingerprint density at radius 3 is 2.71 bits per heavy atom. The summed E-state index contributed by atoms with van der Waals surface area (Å²) in [7, 11) is 0. The number of hydrogen-bond donors (Lipinski definition) is 2. The summed E-state index contributed by atoms with van der Waals surface area (Å²) in [5.41, 5.74) is 2.27. The van der Waals surface area contributed by atoms with Crippen LogP contribution in [0, 0.1) is 6.92 Å². The summed E-state index contributed by atoms with van der Waals surface area (Å²) in [4.78, 5) is 24.4. The van der Waals surface area contributed by atoms with Gasteiger partial charge in [0.15, 0.2) is 0 Å². The van der Waals surface area contributed by atoms with Crippen LogP contribution in [-0.2, 0) is 16.8 Å².